The molecule has 2 nitrogen and oxygen atoms in total. The highest BCUT2D eigenvalue weighted by molar-refractivity contribution is 7.84. The number of alkyl halides is 9. The summed E-state index contributed by atoms with van der Waals surface area (Å²) in [6, 6.07) is 5.89. The lowest BCUT2D eigenvalue weighted by Crippen LogP contribution is -2.60. The van der Waals surface area contributed by atoms with Crippen molar-refractivity contribution in [1.29, 1.82) is 0 Å². The maximum Gasteiger partial charge on any atom is 0.460 e. The van der Waals surface area contributed by atoms with Crippen LogP contribution in [0.5, 0.6) is 5.75 Å². The second kappa shape index (κ2) is 14.6. The number of phenolic OH excluding ortho intramolecular Hbond substituents is 1. The second-order valence-electron chi connectivity index (χ2n) is 14.3. The van der Waals surface area contributed by atoms with Crippen molar-refractivity contribution in [3.8, 4) is 5.75 Å². The van der Waals surface area contributed by atoms with Gasteiger partial charge in [-0.15, -0.1) is 0 Å². The van der Waals surface area contributed by atoms with Crippen LogP contribution in [0.4, 0.5) is 39.5 Å². The fraction of sp³-hybridized carbons (Fsp3) is 0.771. The van der Waals surface area contributed by atoms with Crippen molar-refractivity contribution < 1.29 is 48.8 Å². The van der Waals surface area contributed by atoms with Gasteiger partial charge in [-0.25, -0.2) is 0 Å². The van der Waals surface area contributed by atoms with Gasteiger partial charge in [-0.05, 0) is 104 Å². The van der Waals surface area contributed by atoms with Crippen LogP contribution in [0.25, 0.3) is 0 Å². The van der Waals surface area contributed by atoms with Crippen LogP contribution in [0.3, 0.4) is 0 Å². The zero-order valence-corrected chi connectivity index (χ0v) is 27.8. The molecule has 1 aromatic rings. The van der Waals surface area contributed by atoms with E-state index in [1.165, 1.54) is 29.5 Å². The van der Waals surface area contributed by atoms with E-state index in [0.717, 1.165) is 64.2 Å². The van der Waals surface area contributed by atoms with Gasteiger partial charge in [0.25, 0.3) is 0 Å². The molecule has 47 heavy (non-hydrogen) atoms. The molecule has 3 aliphatic rings. The highest BCUT2D eigenvalue weighted by atomic mass is 32.2. The smallest absolute Gasteiger partial charge is 0.460 e. The Bertz CT molecular complexity index is 1260. The first-order valence-corrected chi connectivity index (χ1v) is 18.4. The van der Waals surface area contributed by atoms with E-state index in [-0.39, 0.29) is 11.2 Å². The third-order valence-corrected chi connectivity index (χ3v) is 12.8. The lowest BCUT2D eigenvalue weighted by atomic mass is 9.52. The maximum atomic E-state index is 13.7. The van der Waals surface area contributed by atoms with E-state index in [4.69, 9.17) is 0 Å². The Morgan fingerprint density at radius 1 is 0.872 bits per heavy atom. The number of rotatable bonds is 16. The number of allylic oxidation sites excluding steroid dienone is 1. The largest absolute Gasteiger partial charge is 0.508 e. The lowest BCUT2D eigenvalue weighted by Gasteiger charge is -2.52. The summed E-state index contributed by atoms with van der Waals surface area (Å²) in [5.41, 5.74) is 4.31. The van der Waals surface area contributed by atoms with Crippen LogP contribution in [-0.2, 0) is 17.2 Å². The molecular formula is C35H47F9O2S. The number of hydrogen-bond donors (Lipinski definition) is 1. The van der Waals surface area contributed by atoms with Crippen LogP contribution >= 0.6 is 0 Å². The van der Waals surface area contributed by atoms with Gasteiger partial charge >= 0.3 is 23.9 Å². The number of phenols is 1. The summed E-state index contributed by atoms with van der Waals surface area (Å²) >= 11 is 0. The van der Waals surface area contributed by atoms with Gasteiger partial charge in [0, 0.05) is 28.7 Å². The third-order valence-electron chi connectivity index (χ3n) is 11.4. The topological polar surface area (TPSA) is 37.3 Å². The van der Waals surface area contributed by atoms with Gasteiger partial charge < -0.3 is 5.11 Å². The van der Waals surface area contributed by atoms with E-state index in [1.54, 1.807) is 0 Å². The molecule has 0 spiro atoms. The molecule has 1 aromatic carbocycles. The molecule has 0 aromatic heterocycles. The van der Waals surface area contributed by atoms with Crippen molar-refractivity contribution in [2.24, 2.45) is 23.2 Å². The van der Waals surface area contributed by atoms with Crippen LogP contribution in [0.2, 0.25) is 0 Å². The Morgan fingerprint density at radius 3 is 2.15 bits per heavy atom. The molecule has 0 bridgehead atoms. The summed E-state index contributed by atoms with van der Waals surface area (Å²) in [7, 11) is -1.67. The van der Waals surface area contributed by atoms with Gasteiger partial charge in [0.05, 0.1) is 0 Å². The van der Waals surface area contributed by atoms with Crippen LogP contribution in [0.1, 0.15) is 114 Å². The van der Waals surface area contributed by atoms with E-state index in [9.17, 15) is 48.8 Å². The summed E-state index contributed by atoms with van der Waals surface area (Å²) in [4.78, 5) is 0. The SMILES string of the molecule is C=C1CCC2C3C(CC[C@]12C)c1ccc(O)cc1C[C@H]3CCCCCCCCCS(=O)CCCC(F)(F)C(F)(F)C(F)(F)C(F)(F)F. The highest BCUT2D eigenvalue weighted by Crippen LogP contribution is 2.64. The van der Waals surface area contributed by atoms with Gasteiger partial charge in [-0.1, -0.05) is 63.7 Å². The molecule has 1 N–H and O–H groups in total. The van der Waals surface area contributed by atoms with Gasteiger partial charge in [0.15, 0.2) is 0 Å². The van der Waals surface area contributed by atoms with Gasteiger partial charge in [0.2, 0.25) is 0 Å². The second-order valence-corrected chi connectivity index (χ2v) is 16.0. The first-order valence-electron chi connectivity index (χ1n) is 16.9. The molecule has 2 fully saturated rings. The molecule has 4 unspecified atom stereocenters. The van der Waals surface area contributed by atoms with Gasteiger partial charge in [0.1, 0.15) is 5.75 Å². The molecule has 12 heteroatoms. The zero-order valence-electron chi connectivity index (χ0n) is 26.9. The van der Waals surface area contributed by atoms with E-state index in [0.29, 0.717) is 35.8 Å². The van der Waals surface area contributed by atoms with E-state index in [2.05, 4.69) is 19.6 Å². The van der Waals surface area contributed by atoms with Crippen molar-refractivity contribution in [2.45, 2.75) is 133 Å². The maximum absolute atomic E-state index is 13.7. The normalized spacial score (nSPS) is 27.3. The molecule has 0 amide bonds. The number of benzene rings is 1. The molecule has 6 atom stereocenters. The minimum absolute atomic E-state index is 0.119. The summed E-state index contributed by atoms with van der Waals surface area (Å²) in [6.07, 6.45) is 3.42. The Morgan fingerprint density at radius 2 is 1.49 bits per heavy atom. The number of fused-ring (bicyclic) bond motifs is 5. The fourth-order valence-corrected chi connectivity index (χ4v) is 9.84. The van der Waals surface area contributed by atoms with Crippen molar-refractivity contribution >= 4 is 10.8 Å². The molecule has 2 saturated carbocycles. The molecule has 4 rings (SSSR count). The molecule has 0 radical (unpaired) electrons. The zero-order chi connectivity index (χ0) is 34.8. The van der Waals surface area contributed by atoms with Crippen molar-refractivity contribution in [1.82, 2.24) is 0 Å². The van der Waals surface area contributed by atoms with E-state index >= 15 is 0 Å². The van der Waals surface area contributed by atoms with Gasteiger partial charge in [-0.2, -0.15) is 39.5 Å². The molecule has 0 heterocycles. The highest BCUT2D eigenvalue weighted by Gasteiger charge is 2.81. The average molecular weight is 703 g/mol. The Kier molecular flexibility index (Phi) is 11.9. The monoisotopic (exact) mass is 702 g/mol. The lowest BCUT2D eigenvalue weighted by molar-refractivity contribution is -0.396. The summed E-state index contributed by atoms with van der Waals surface area (Å²) in [6.45, 7) is 6.85. The molecule has 0 aliphatic heterocycles. The minimum atomic E-state index is -6.89. The molecule has 3 aliphatic carbocycles. The Labute approximate surface area is 274 Å². The fourth-order valence-electron chi connectivity index (χ4n) is 8.64. The first kappa shape index (κ1) is 38.1. The average Bonchev–Trinajstić information content (AvgIpc) is 3.28. The number of halogens is 9. The van der Waals surface area contributed by atoms with Crippen LogP contribution in [0.15, 0.2) is 30.4 Å². The van der Waals surface area contributed by atoms with Crippen LogP contribution in [0, 0.1) is 23.2 Å². The van der Waals surface area contributed by atoms with Crippen LogP contribution in [-0.4, -0.2) is 44.8 Å². The molecule has 0 saturated heterocycles. The van der Waals surface area contributed by atoms with E-state index in [1.807, 2.05) is 12.1 Å². The van der Waals surface area contributed by atoms with Crippen LogP contribution < -0.4 is 0 Å². The summed E-state index contributed by atoms with van der Waals surface area (Å²) in [5.74, 6) is -16.8. The summed E-state index contributed by atoms with van der Waals surface area (Å²) < 4.78 is 129. The Balaban J connectivity index is 1.14. The predicted molar refractivity (Wildman–Crippen MR) is 166 cm³/mol. The molecule has 268 valence electrons. The summed E-state index contributed by atoms with van der Waals surface area (Å²) in [5, 5.41) is 10.2. The minimum Gasteiger partial charge on any atom is -0.508 e. The standard InChI is InChI=1S/C35H47F9O2S/c1-23-12-15-29-30-24(21-25-22-26(45)13-14-27(25)28(30)16-18-31(23,29)2)11-8-6-4-3-5-7-9-19-47(46)20-10-17-32(36,37)33(38,39)34(40,41)35(42,43)44/h13-14,22,24,28-30,45H,1,3-12,15-21H2,2H3/t24-,28?,29?,30?,31-,47?/m1/s1. The van der Waals surface area contributed by atoms with E-state index < -0.39 is 53.3 Å². The quantitative estimate of drug-likeness (QED) is 0.106. The van der Waals surface area contributed by atoms with Gasteiger partial charge in [-0.3, -0.25) is 4.21 Å². The molecular weight excluding hydrogens is 655 g/mol. The predicted octanol–water partition coefficient (Wildman–Crippen LogP) is 11.1. The number of unbranched alkanes of at least 4 members (excludes halogenated alkanes) is 6. The number of aromatic hydroxyl groups is 1. The third kappa shape index (κ3) is 7.87. The number of hydrogen-bond acceptors (Lipinski definition) is 2. The van der Waals surface area contributed by atoms with Crippen molar-refractivity contribution in [2.75, 3.05) is 11.5 Å². The van der Waals surface area contributed by atoms with Crippen molar-refractivity contribution in [3.05, 3.63) is 41.5 Å². The van der Waals surface area contributed by atoms with Crippen molar-refractivity contribution in [3.63, 3.8) is 0 Å². The first-order chi connectivity index (χ1) is 21.8. The Hall–Kier alpha value is -1.72.